The molecule has 2 atom stereocenters. The second kappa shape index (κ2) is 6.22. The Morgan fingerprint density at radius 3 is 2.06 bits per heavy atom. The lowest BCUT2D eigenvalue weighted by molar-refractivity contribution is 0.167. The Morgan fingerprint density at radius 1 is 0.944 bits per heavy atom. The summed E-state index contributed by atoms with van der Waals surface area (Å²) in [6, 6.07) is 19.8. The number of rotatable bonds is 5. The van der Waals surface area contributed by atoms with E-state index in [0.29, 0.717) is 0 Å². The van der Waals surface area contributed by atoms with E-state index in [9.17, 15) is 0 Å². The molecule has 2 unspecified atom stereocenters. The molecule has 2 aromatic carbocycles. The van der Waals surface area contributed by atoms with E-state index in [1.807, 2.05) is 60.7 Å². The van der Waals surface area contributed by atoms with Gasteiger partial charge in [-0.15, -0.1) is 0 Å². The normalized spacial score (nSPS) is 13.9. The third-order valence-electron chi connectivity index (χ3n) is 3.02. The average Bonchev–Trinajstić information content (AvgIpc) is 2.46. The van der Waals surface area contributed by atoms with Crippen molar-refractivity contribution in [1.29, 1.82) is 0 Å². The number of hydrogen-bond donors (Lipinski definition) is 1. The summed E-state index contributed by atoms with van der Waals surface area (Å²) < 4.78 is 5.95. The minimum absolute atomic E-state index is 0.00481. The molecule has 0 heterocycles. The van der Waals surface area contributed by atoms with Crippen molar-refractivity contribution in [2.75, 3.05) is 0 Å². The van der Waals surface area contributed by atoms with Crippen molar-refractivity contribution in [3.05, 3.63) is 66.2 Å². The van der Waals surface area contributed by atoms with Crippen LogP contribution in [0.1, 0.15) is 24.9 Å². The summed E-state index contributed by atoms with van der Waals surface area (Å²) in [4.78, 5) is 0. The van der Waals surface area contributed by atoms with Gasteiger partial charge in [0.05, 0.1) is 6.04 Å². The predicted molar refractivity (Wildman–Crippen MR) is 74.5 cm³/mol. The maximum Gasteiger partial charge on any atom is 0.119 e. The van der Waals surface area contributed by atoms with Crippen LogP contribution in [0.25, 0.3) is 0 Å². The Balaban J connectivity index is 2.09. The maximum atomic E-state index is 6.27. The van der Waals surface area contributed by atoms with Crippen LogP contribution in [0.2, 0.25) is 0 Å². The van der Waals surface area contributed by atoms with Gasteiger partial charge in [-0.1, -0.05) is 55.5 Å². The molecule has 18 heavy (non-hydrogen) atoms. The molecular weight excluding hydrogens is 222 g/mol. The van der Waals surface area contributed by atoms with E-state index >= 15 is 0 Å². The maximum absolute atomic E-state index is 6.27. The van der Waals surface area contributed by atoms with Crippen LogP contribution in [0, 0.1) is 0 Å². The SMILES string of the molecule is CCC(Oc1ccccc1)C(N)c1ccccc1. The van der Waals surface area contributed by atoms with Crippen molar-refractivity contribution in [3.63, 3.8) is 0 Å². The number of para-hydroxylation sites is 1. The second-order valence-corrected chi connectivity index (χ2v) is 4.31. The minimum Gasteiger partial charge on any atom is -0.488 e. The van der Waals surface area contributed by atoms with Gasteiger partial charge < -0.3 is 10.5 Å². The van der Waals surface area contributed by atoms with Crippen molar-refractivity contribution in [2.45, 2.75) is 25.5 Å². The molecule has 2 nitrogen and oxygen atoms in total. The van der Waals surface area contributed by atoms with Crippen molar-refractivity contribution in [2.24, 2.45) is 5.73 Å². The van der Waals surface area contributed by atoms with E-state index < -0.39 is 0 Å². The van der Waals surface area contributed by atoms with Gasteiger partial charge in [-0.3, -0.25) is 0 Å². The van der Waals surface area contributed by atoms with Crippen LogP contribution >= 0.6 is 0 Å². The summed E-state index contributed by atoms with van der Waals surface area (Å²) in [6.45, 7) is 2.09. The molecule has 0 saturated heterocycles. The molecule has 0 saturated carbocycles. The molecule has 0 aliphatic heterocycles. The Labute approximate surface area is 108 Å². The molecule has 0 amide bonds. The van der Waals surface area contributed by atoms with Crippen molar-refractivity contribution < 1.29 is 4.74 Å². The predicted octanol–water partition coefficient (Wildman–Crippen LogP) is 3.54. The standard InChI is InChI=1S/C16H19NO/c1-2-15(18-14-11-7-4-8-12-14)16(17)13-9-5-3-6-10-13/h3-12,15-16H,2,17H2,1H3. The van der Waals surface area contributed by atoms with E-state index in [-0.39, 0.29) is 12.1 Å². The fourth-order valence-electron chi connectivity index (χ4n) is 1.97. The van der Waals surface area contributed by atoms with Gasteiger partial charge in [0, 0.05) is 0 Å². The molecule has 2 rings (SSSR count). The summed E-state index contributed by atoms with van der Waals surface area (Å²) in [5.41, 5.74) is 7.38. The highest BCUT2D eigenvalue weighted by Crippen LogP contribution is 2.21. The lowest BCUT2D eigenvalue weighted by atomic mass is 10.0. The van der Waals surface area contributed by atoms with Crippen LogP contribution in [-0.2, 0) is 0 Å². The van der Waals surface area contributed by atoms with Gasteiger partial charge in [-0.05, 0) is 24.1 Å². The zero-order valence-corrected chi connectivity index (χ0v) is 10.6. The fourth-order valence-corrected chi connectivity index (χ4v) is 1.97. The Kier molecular flexibility index (Phi) is 4.37. The van der Waals surface area contributed by atoms with Gasteiger partial charge in [-0.25, -0.2) is 0 Å². The summed E-state index contributed by atoms with van der Waals surface area (Å²) in [5.74, 6) is 0.871. The first-order valence-corrected chi connectivity index (χ1v) is 6.33. The van der Waals surface area contributed by atoms with Crippen LogP contribution < -0.4 is 10.5 Å². The first-order valence-electron chi connectivity index (χ1n) is 6.33. The van der Waals surface area contributed by atoms with E-state index in [1.165, 1.54) is 0 Å². The monoisotopic (exact) mass is 241 g/mol. The van der Waals surface area contributed by atoms with Gasteiger partial charge in [-0.2, -0.15) is 0 Å². The smallest absolute Gasteiger partial charge is 0.119 e. The zero-order valence-electron chi connectivity index (χ0n) is 10.6. The number of ether oxygens (including phenoxy) is 1. The number of nitrogens with two attached hydrogens (primary N) is 1. The molecular formula is C16H19NO. The first-order chi connectivity index (χ1) is 8.81. The molecule has 94 valence electrons. The van der Waals surface area contributed by atoms with E-state index in [4.69, 9.17) is 10.5 Å². The molecule has 0 aliphatic rings. The lowest BCUT2D eigenvalue weighted by Crippen LogP contribution is -2.30. The highest BCUT2D eigenvalue weighted by Gasteiger charge is 2.19. The zero-order chi connectivity index (χ0) is 12.8. The molecule has 0 aliphatic carbocycles. The van der Waals surface area contributed by atoms with Crippen LogP contribution in [0.15, 0.2) is 60.7 Å². The van der Waals surface area contributed by atoms with E-state index in [1.54, 1.807) is 0 Å². The lowest BCUT2D eigenvalue weighted by Gasteiger charge is -2.24. The minimum atomic E-state index is -0.101. The Hall–Kier alpha value is -1.80. The van der Waals surface area contributed by atoms with Gasteiger partial charge in [0.25, 0.3) is 0 Å². The Morgan fingerprint density at radius 2 is 1.50 bits per heavy atom. The molecule has 0 radical (unpaired) electrons. The first kappa shape index (κ1) is 12.7. The molecule has 2 heteroatoms. The van der Waals surface area contributed by atoms with Crippen LogP contribution in [0.3, 0.4) is 0 Å². The summed E-state index contributed by atoms with van der Waals surface area (Å²) in [6.07, 6.45) is 0.875. The van der Waals surface area contributed by atoms with Gasteiger partial charge >= 0.3 is 0 Å². The largest absolute Gasteiger partial charge is 0.488 e. The van der Waals surface area contributed by atoms with Gasteiger partial charge in [0.1, 0.15) is 11.9 Å². The molecule has 0 aromatic heterocycles. The van der Waals surface area contributed by atoms with Crippen LogP contribution in [-0.4, -0.2) is 6.10 Å². The van der Waals surface area contributed by atoms with E-state index in [0.717, 1.165) is 17.7 Å². The molecule has 2 N–H and O–H groups in total. The van der Waals surface area contributed by atoms with Crippen LogP contribution in [0.4, 0.5) is 0 Å². The van der Waals surface area contributed by atoms with Crippen molar-refractivity contribution >= 4 is 0 Å². The van der Waals surface area contributed by atoms with E-state index in [2.05, 4.69) is 6.92 Å². The summed E-state index contributed by atoms with van der Waals surface area (Å²) in [5, 5.41) is 0. The average molecular weight is 241 g/mol. The van der Waals surface area contributed by atoms with Crippen LogP contribution in [0.5, 0.6) is 5.75 Å². The molecule has 0 fully saturated rings. The van der Waals surface area contributed by atoms with Gasteiger partial charge in [0.2, 0.25) is 0 Å². The molecule has 2 aromatic rings. The Bertz CT molecular complexity index is 455. The highest BCUT2D eigenvalue weighted by molar-refractivity contribution is 5.23. The third kappa shape index (κ3) is 3.11. The summed E-state index contributed by atoms with van der Waals surface area (Å²) in [7, 11) is 0. The van der Waals surface area contributed by atoms with Gasteiger partial charge in [0.15, 0.2) is 0 Å². The number of benzene rings is 2. The third-order valence-corrected chi connectivity index (χ3v) is 3.02. The molecule has 0 spiro atoms. The topological polar surface area (TPSA) is 35.2 Å². The fraction of sp³-hybridized carbons (Fsp3) is 0.250. The van der Waals surface area contributed by atoms with Crippen molar-refractivity contribution in [3.8, 4) is 5.75 Å². The highest BCUT2D eigenvalue weighted by atomic mass is 16.5. The molecule has 0 bridgehead atoms. The second-order valence-electron chi connectivity index (χ2n) is 4.31. The number of hydrogen-bond acceptors (Lipinski definition) is 2. The quantitative estimate of drug-likeness (QED) is 0.869. The summed E-state index contributed by atoms with van der Waals surface area (Å²) >= 11 is 0. The van der Waals surface area contributed by atoms with Crippen molar-refractivity contribution in [1.82, 2.24) is 0 Å².